The van der Waals surface area contributed by atoms with Crippen LogP contribution in [0.25, 0.3) is 0 Å². The van der Waals surface area contributed by atoms with Crippen molar-refractivity contribution in [2.75, 3.05) is 10.8 Å². The Morgan fingerprint density at radius 3 is 2.17 bits per heavy atom. The Balaban J connectivity index is 1.89. The summed E-state index contributed by atoms with van der Waals surface area (Å²) in [5.41, 5.74) is 2.32. The van der Waals surface area contributed by atoms with E-state index in [-0.39, 0.29) is 23.4 Å². The molecule has 0 heterocycles. The van der Waals surface area contributed by atoms with E-state index >= 15 is 0 Å². The van der Waals surface area contributed by atoms with Gasteiger partial charge in [-0.1, -0.05) is 60.7 Å². The minimum Gasteiger partial charge on any atom is -0.348 e. The van der Waals surface area contributed by atoms with Crippen LogP contribution in [0, 0.1) is 6.92 Å². The SMILES string of the molecule is Cc1cccc(N(CC(=O)NC(C)c2ccccc2)S(=O)(=O)c2ccccc2)c1. The van der Waals surface area contributed by atoms with Crippen molar-refractivity contribution in [2.45, 2.75) is 24.8 Å². The van der Waals surface area contributed by atoms with Crippen LogP contribution < -0.4 is 9.62 Å². The van der Waals surface area contributed by atoms with Crippen LogP contribution in [-0.4, -0.2) is 20.9 Å². The van der Waals surface area contributed by atoms with E-state index in [1.807, 2.05) is 50.2 Å². The van der Waals surface area contributed by atoms with E-state index in [1.54, 1.807) is 36.4 Å². The molecule has 0 spiro atoms. The number of anilines is 1. The summed E-state index contributed by atoms with van der Waals surface area (Å²) in [7, 11) is -3.89. The number of hydrogen-bond donors (Lipinski definition) is 1. The molecule has 1 unspecified atom stereocenters. The maximum absolute atomic E-state index is 13.3. The third-order valence-electron chi connectivity index (χ3n) is 4.59. The molecule has 0 aliphatic carbocycles. The molecule has 0 saturated carbocycles. The van der Waals surface area contributed by atoms with Crippen molar-refractivity contribution in [3.8, 4) is 0 Å². The zero-order valence-corrected chi connectivity index (χ0v) is 17.3. The fourth-order valence-electron chi connectivity index (χ4n) is 3.06. The monoisotopic (exact) mass is 408 g/mol. The van der Waals surface area contributed by atoms with Crippen molar-refractivity contribution < 1.29 is 13.2 Å². The predicted molar refractivity (Wildman–Crippen MR) is 115 cm³/mol. The molecule has 5 nitrogen and oxygen atoms in total. The molecule has 1 atom stereocenters. The summed E-state index contributed by atoms with van der Waals surface area (Å²) in [5.74, 6) is -0.373. The Bertz CT molecular complexity index is 1070. The van der Waals surface area contributed by atoms with Gasteiger partial charge in [-0.05, 0) is 49.2 Å². The number of nitrogens with zero attached hydrogens (tertiary/aromatic N) is 1. The molecule has 1 amide bonds. The molecular weight excluding hydrogens is 384 g/mol. The molecule has 3 aromatic rings. The highest BCUT2D eigenvalue weighted by atomic mass is 32.2. The van der Waals surface area contributed by atoms with Crippen LogP contribution in [0.15, 0.2) is 89.8 Å². The second-order valence-corrected chi connectivity index (χ2v) is 8.73. The van der Waals surface area contributed by atoms with E-state index in [9.17, 15) is 13.2 Å². The topological polar surface area (TPSA) is 66.5 Å². The van der Waals surface area contributed by atoms with Gasteiger partial charge in [0.1, 0.15) is 6.54 Å². The first kappa shape index (κ1) is 20.6. The van der Waals surface area contributed by atoms with Gasteiger partial charge in [0.2, 0.25) is 5.91 Å². The first-order valence-electron chi connectivity index (χ1n) is 9.36. The maximum atomic E-state index is 13.3. The minimum atomic E-state index is -3.89. The Morgan fingerprint density at radius 1 is 0.931 bits per heavy atom. The summed E-state index contributed by atoms with van der Waals surface area (Å²) in [6, 6.07) is 24.6. The molecule has 1 N–H and O–H groups in total. The van der Waals surface area contributed by atoms with Crippen molar-refractivity contribution >= 4 is 21.6 Å². The Hall–Kier alpha value is -3.12. The summed E-state index contributed by atoms with van der Waals surface area (Å²) >= 11 is 0. The molecule has 0 aliphatic heterocycles. The van der Waals surface area contributed by atoms with Gasteiger partial charge in [-0.15, -0.1) is 0 Å². The van der Waals surface area contributed by atoms with Crippen molar-refractivity contribution in [3.05, 3.63) is 96.1 Å². The van der Waals surface area contributed by atoms with Crippen LogP contribution in [0.3, 0.4) is 0 Å². The number of carbonyl (C=O) groups is 1. The molecule has 150 valence electrons. The second-order valence-electron chi connectivity index (χ2n) is 6.86. The number of rotatable bonds is 7. The normalized spacial score (nSPS) is 12.2. The first-order chi connectivity index (χ1) is 13.9. The van der Waals surface area contributed by atoms with E-state index < -0.39 is 10.0 Å². The largest absolute Gasteiger partial charge is 0.348 e. The molecule has 0 saturated heterocycles. The predicted octanol–water partition coefficient (Wildman–Crippen LogP) is 4.07. The average Bonchev–Trinajstić information content (AvgIpc) is 2.73. The molecule has 3 aromatic carbocycles. The van der Waals surface area contributed by atoms with Crippen LogP contribution in [0.2, 0.25) is 0 Å². The Kier molecular flexibility index (Phi) is 6.34. The van der Waals surface area contributed by atoms with E-state index in [1.165, 1.54) is 12.1 Å². The molecule has 0 bridgehead atoms. The smallest absolute Gasteiger partial charge is 0.264 e. The first-order valence-corrected chi connectivity index (χ1v) is 10.8. The number of carbonyl (C=O) groups excluding carboxylic acids is 1. The van der Waals surface area contributed by atoms with Gasteiger partial charge in [-0.2, -0.15) is 0 Å². The Morgan fingerprint density at radius 2 is 1.55 bits per heavy atom. The van der Waals surface area contributed by atoms with Crippen molar-refractivity contribution in [1.82, 2.24) is 5.32 Å². The third-order valence-corrected chi connectivity index (χ3v) is 6.37. The van der Waals surface area contributed by atoms with Crippen LogP contribution >= 0.6 is 0 Å². The third kappa shape index (κ3) is 5.03. The highest BCUT2D eigenvalue weighted by molar-refractivity contribution is 7.92. The molecular formula is C23H24N2O3S. The highest BCUT2D eigenvalue weighted by Crippen LogP contribution is 2.24. The molecule has 0 fully saturated rings. The van der Waals surface area contributed by atoms with Crippen LogP contribution in [0.4, 0.5) is 5.69 Å². The van der Waals surface area contributed by atoms with Gasteiger partial charge < -0.3 is 5.32 Å². The maximum Gasteiger partial charge on any atom is 0.264 e. The number of nitrogens with one attached hydrogen (secondary N) is 1. The lowest BCUT2D eigenvalue weighted by molar-refractivity contribution is -0.120. The van der Waals surface area contributed by atoms with E-state index in [4.69, 9.17) is 0 Å². The number of hydrogen-bond acceptors (Lipinski definition) is 3. The van der Waals surface area contributed by atoms with E-state index in [0.717, 1.165) is 15.4 Å². The second kappa shape index (κ2) is 8.92. The lowest BCUT2D eigenvalue weighted by atomic mass is 10.1. The minimum absolute atomic E-state index is 0.144. The van der Waals surface area contributed by atoms with Crippen molar-refractivity contribution in [1.29, 1.82) is 0 Å². The zero-order valence-electron chi connectivity index (χ0n) is 16.4. The van der Waals surface area contributed by atoms with Gasteiger partial charge in [-0.25, -0.2) is 8.42 Å². The lowest BCUT2D eigenvalue weighted by Gasteiger charge is -2.25. The van der Waals surface area contributed by atoms with E-state index in [0.29, 0.717) is 5.69 Å². The fraction of sp³-hybridized carbons (Fsp3) is 0.174. The summed E-state index contributed by atoms with van der Waals surface area (Å²) in [6.07, 6.45) is 0. The standard InChI is InChI=1S/C23H24N2O3S/c1-18-10-9-13-21(16-18)25(29(27,28)22-14-7-4-8-15-22)17-23(26)24-19(2)20-11-5-3-6-12-20/h3-16,19H,17H2,1-2H3,(H,24,26). The quantitative estimate of drug-likeness (QED) is 0.641. The van der Waals surface area contributed by atoms with Gasteiger partial charge in [0.15, 0.2) is 0 Å². The van der Waals surface area contributed by atoms with Crippen molar-refractivity contribution in [2.24, 2.45) is 0 Å². The Labute approximate surface area is 172 Å². The molecule has 0 aromatic heterocycles. The number of benzene rings is 3. The van der Waals surface area contributed by atoms with Gasteiger partial charge in [0.05, 0.1) is 16.6 Å². The van der Waals surface area contributed by atoms with Crippen molar-refractivity contribution in [3.63, 3.8) is 0 Å². The number of aryl methyl sites for hydroxylation is 1. The summed E-state index contributed by atoms with van der Waals surface area (Å²) in [6.45, 7) is 3.45. The van der Waals surface area contributed by atoms with Crippen LogP contribution in [-0.2, 0) is 14.8 Å². The summed E-state index contributed by atoms with van der Waals surface area (Å²) in [4.78, 5) is 12.9. The number of amides is 1. The zero-order chi connectivity index (χ0) is 20.9. The van der Waals surface area contributed by atoms with Gasteiger partial charge in [0, 0.05) is 0 Å². The van der Waals surface area contributed by atoms with E-state index in [2.05, 4.69) is 5.32 Å². The van der Waals surface area contributed by atoms with Gasteiger partial charge in [-0.3, -0.25) is 9.10 Å². The highest BCUT2D eigenvalue weighted by Gasteiger charge is 2.27. The van der Waals surface area contributed by atoms with Gasteiger partial charge in [0.25, 0.3) is 10.0 Å². The molecule has 0 aliphatic rings. The molecule has 29 heavy (non-hydrogen) atoms. The summed E-state index contributed by atoms with van der Waals surface area (Å²) < 4.78 is 27.7. The number of sulfonamides is 1. The van der Waals surface area contributed by atoms with Crippen LogP contribution in [0.1, 0.15) is 24.1 Å². The molecule has 3 rings (SSSR count). The van der Waals surface area contributed by atoms with Gasteiger partial charge >= 0.3 is 0 Å². The molecule has 0 radical (unpaired) electrons. The van der Waals surface area contributed by atoms with Crippen LogP contribution in [0.5, 0.6) is 0 Å². The lowest BCUT2D eigenvalue weighted by Crippen LogP contribution is -2.41. The average molecular weight is 409 g/mol. The fourth-order valence-corrected chi connectivity index (χ4v) is 4.49. The summed E-state index contributed by atoms with van der Waals surface area (Å²) in [5, 5.41) is 2.89. The molecule has 6 heteroatoms.